The number of carbonyl (C=O) groups excluding carboxylic acids is 1. The summed E-state index contributed by atoms with van der Waals surface area (Å²) in [4.78, 5) is 12.5. The van der Waals surface area contributed by atoms with Gasteiger partial charge in [-0.25, -0.2) is 8.42 Å². The monoisotopic (exact) mass is 455 g/mol. The molecule has 1 aliphatic rings. The van der Waals surface area contributed by atoms with Crippen LogP contribution >= 0.6 is 0 Å². The van der Waals surface area contributed by atoms with E-state index in [1.807, 2.05) is 0 Å². The van der Waals surface area contributed by atoms with E-state index in [-0.39, 0.29) is 4.90 Å². The van der Waals surface area contributed by atoms with E-state index in [4.69, 9.17) is 4.74 Å². The van der Waals surface area contributed by atoms with Gasteiger partial charge in [-0.05, 0) is 38.5 Å². The van der Waals surface area contributed by atoms with Crippen molar-refractivity contribution in [2.45, 2.75) is 54.8 Å². The van der Waals surface area contributed by atoms with Gasteiger partial charge in [0.2, 0.25) is 0 Å². The summed E-state index contributed by atoms with van der Waals surface area (Å²) in [5, 5.41) is 0.689. The standard InChI is InChI=1S/C22H24F3NO4S/c1-21(2,3)30-20(27)18-16(22(23,24)25)19(17(26-18)14-10-6-4-7-11-14)31(28,29)15-12-8-5-9-13-15/h4-13,16-19,26H,1-3H3/t16-,17-,18-,19+/m1/s1. The third-order valence-corrected chi connectivity index (χ3v) is 7.24. The van der Waals surface area contributed by atoms with Crippen molar-refractivity contribution in [3.63, 3.8) is 0 Å². The van der Waals surface area contributed by atoms with Crippen LogP contribution in [0.15, 0.2) is 65.6 Å². The number of benzene rings is 2. The van der Waals surface area contributed by atoms with Gasteiger partial charge in [-0.3, -0.25) is 10.1 Å². The number of ether oxygens (including phenoxy) is 1. The molecule has 2 aromatic rings. The van der Waals surface area contributed by atoms with E-state index in [1.54, 1.807) is 24.3 Å². The minimum atomic E-state index is -4.97. The topological polar surface area (TPSA) is 72.5 Å². The Bertz CT molecular complexity index is 1020. The van der Waals surface area contributed by atoms with E-state index in [0.29, 0.717) is 5.56 Å². The third-order valence-electron chi connectivity index (χ3n) is 5.03. The Labute approximate surface area is 179 Å². The van der Waals surface area contributed by atoms with Crippen LogP contribution in [0.2, 0.25) is 0 Å². The Morgan fingerprint density at radius 2 is 1.45 bits per heavy atom. The van der Waals surface area contributed by atoms with E-state index < -0.39 is 50.8 Å². The molecule has 0 aromatic heterocycles. The summed E-state index contributed by atoms with van der Waals surface area (Å²) in [6, 6.07) is 11.8. The van der Waals surface area contributed by atoms with Gasteiger partial charge in [-0.2, -0.15) is 13.2 Å². The number of alkyl halides is 3. The minimum Gasteiger partial charge on any atom is -0.459 e. The molecule has 1 aliphatic heterocycles. The number of hydrogen-bond acceptors (Lipinski definition) is 5. The van der Waals surface area contributed by atoms with Crippen molar-refractivity contribution in [2.24, 2.45) is 5.92 Å². The van der Waals surface area contributed by atoms with E-state index in [9.17, 15) is 26.4 Å². The molecule has 9 heteroatoms. The summed E-state index contributed by atoms with van der Waals surface area (Å²) in [5.41, 5.74) is -0.694. The molecule has 0 saturated carbocycles. The largest absolute Gasteiger partial charge is 0.459 e. The Kier molecular flexibility index (Phi) is 6.21. The maximum Gasteiger partial charge on any atom is 0.395 e. The maximum absolute atomic E-state index is 14.3. The predicted octanol–water partition coefficient (Wildman–Crippen LogP) is 4.06. The van der Waals surface area contributed by atoms with Crippen LogP contribution in [0.4, 0.5) is 13.2 Å². The van der Waals surface area contributed by atoms with Gasteiger partial charge in [0, 0.05) is 0 Å². The molecule has 1 fully saturated rings. The molecular formula is C22H24F3NO4S. The molecule has 5 nitrogen and oxygen atoms in total. The Hall–Kier alpha value is -2.39. The molecule has 4 atom stereocenters. The highest BCUT2D eigenvalue weighted by molar-refractivity contribution is 7.92. The van der Waals surface area contributed by atoms with Gasteiger partial charge in [0.05, 0.1) is 22.1 Å². The number of carbonyl (C=O) groups is 1. The van der Waals surface area contributed by atoms with Crippen LogP contribution in [0.25, 0.3) is 0 Å². The van der Waals surface area contributed by atoms with Crippen molar-refractivity contribution in [1.82, 2.24) is 5.32 Å². The first-order chi connectivity index (χ1) is 14.3. The van der Waals surface area contributed by atoms with Crippen LogP contribution in [0.3, 0.4) is 0 Å². The highest BCUT2D eigenvalue weighted by atomic mass is 32.2. The Morgan fingerprint density at radius 1 is 0.935 bits per heavy atom. The molecule has 0 bridgehead atoms. The highest BCUT2D eigenvalue weighted by Gasteiger charge is 2.63. The van der Waals surface area contributed by atoms with Crippen molar-refractivity contribution in [3.8, 4) is 0 Å². The fraction of sp³-hybridized carbons (Fsp3) is 0.409. The van der Waals surface area contributed by atoms with Gasteiger partial charge in [-0.15, -0.1) is 0 Å². The average molecular weight is 455 g/mol. The normalized spacial score (nSPS) is 24.7. The summed E-state index contributed by atoms with van der Waals surface area (Å²) in [5.74, 6) is -3.63. The first-order valence-corrected chi connectivity index (χ1v) is 11.3. The molecule has 3 rings (SSSR count). The summed E-state index contributed by atoms with van der Waals surface area (Å²) < 4.78 is 74.9. The molecule has 0 amide bonds. The summed E-state index contributed by atoms with van der Waals surface area (Å²) >= 11 is 0. The second kappa shape index (κ2) is 8.27. The van der Waals surface area contributed by atoms with Gasteiger partial charge in [0.25, 0.3) is 0 Å². The Morgan fingerprint density at radius 3 is 1.94 bits per heavy atom. The summed E-state index contributed by atoms with van der Waals surface area (Å²) in [7, 11) is -4.47. The number of halogens is 3. The molecule has 168 valence electrons. The lowest BCUT2D eigenvalue weighted by Crippen LogP contribution is -2.48. The summed E-state index contributed by atoms with van der Waals surface area (Å²) in [6.07, 6.45) is -4.97. The van der Waals surface area contributed by atoms with Gasteiger partial charge in [0.15, 0.2) is 9.84 Å². The van der Waals surface area contributed by atoms with Crippen LogP contribution in [-0.2, 0) is 19.4 Å². The van der Waals surface area contributed by atoms with Gasteiger partial charge in [-0.1, -0.05) is 48.5 Å². The zero-order valence-corrected chi connectivity index (χ0v) is 18.1. The zero-order valence-electron chi connectivity index (χ0n) is 17.3. The quantitative estimate of drug-likeness (QED) is 0.704. The second-order valence-electron chi connectivity index (χ2n) is 8.46. The van der Waals surface area contributed by atoms with Gasteiger partial charge >= 0.3 is 12.1 Å². The molecule has 0 aliphatic carbocycles. The first-order valence-electron chi connectivity index (χ1n) is 9.72. The van der Waals surface area contributed by atoms with Crippen LogP contribution in [0, 0.1) is 5.92 Å². The van der Waals surface area contributed by atoms with Crippen molar-refractivity contribution < 1.29 is 31.1 Å². The molecule has 1 N–H and O–H groups in total. The predicted molar refractivity (Wildman–Crippen MR) is 109 cm³/mol. The molecule has 0 radical (unpaired) electrons. The molecule has 31 heavy (non-hydrogen) atoms. The first kappa shape index (κ1) is 23.3. The Balaban J connectivity index is 2.17. The molecule has 0 unspecified atom stereocenters. The van der Waals surface area contributed by atoms with Crippen molar-refractivity contribution in [3.05, 3.63) is 66.2 Å². The fourth-order valence-electron chi connectivity index (χ4n) is 3.83. The lowest BCUT2D eigenvalue weighted by molar-refractivity contribution is -0.189. The fourth-order valence-corrected chi connectivity index (χ4v) is 5.97. The summed E-state index contributed by atoms with van der Waals surface area (Å²) in [6.45, 7) is 4.61. The number of hydrogen-bond donors (Lipinski definition) is 1. The highest BCUT2D eigenvalue weighted by Crippen LogP contribution is 2.47. The van der Waals surface area contributed by atoms with E-state index in [0.717, 1.165) is 0 Å². The zero-order chi connectivity index (χ0) is 23.0. The SMILES string of the molecule is CC(C)(C)OC(=O)[C@@H]1N[C@H](c2ccccc2)[C@@H](S(=O)(=O)c2ccccc2)[C@@H]1C(F)(F)F. The minimum absolute atomic E-state index is 0.234. The van der Waals surface area contributed by atoms with Crippen LogP contribution < -0.4 is 5.32 Å². The number of rotatable bonds is 4. The van der Waals surface area contributed by atoms with Crippen molar-refractivity contribution >= 4 is 15.8 Å². The molecule has 2 aromatic carbocycles. The molecular weight excluding hydrogens is 431 g/mol. The van der Waals surface area contributed by atoms with E-state index >= 15 is 0 Å². The number of sulfone groups is 1. The number of esters is 1. The van der Waals surface area contributed by atoms with Crippen molar-refractivity contribution in [1.29, 1.82) is 0 Å². The second-order valence-corrected chi connectivity index (χ2v) is 10.6. The molecule has 1 heterocycles. The van der Waals surface area contributed by atoms with E-state index in [2.05, 4.69) is 5.32 Å². The van der Waals surface area contributed by atoms with Gasteiger partial charge in [0.1, 0.15) is 11.6 Å². The smallest absolute Gasteiger partial charge is 0.395 e. The lowest BCUT2D eigenvalue weighted by Gasteiger charge is -2.28. The number of nitrogens with one attached hydrogen (secondary N) is 1. The van der Waals surface area contributed by atoms with Crippen LogP contribution in [0.1, 0.15) is 32.4 Å². The molecule has 1 saturated heterocycles. The van der Waals surface area contributed by atoms with E-state index in [1.165, 1.54) is 57.2 Å². The van der Waals surface area contributed by atoms with Crippen molar-refractivity contribution in [2.75, 3.05) is 0 Å². The van der Waals surface area contributed by atoms with Crippen LogP contribution in [-0.4, -0.2) is 37.5 Å². The lowest BCUT2D eigenvalue weighted by atomic mass is 9.95. The van der Waals surface area contributed by atoms with Crippen LogP contribution in [0.5, 0.6) is 0 Å². The molecule has 0 spiro atoms. The van der Waals surface area contributed by atoms with Gasteiger partial charge < -0.3 is 4.74 Å². The third kappa shape index (κ3) is 4.93. The maximum atomic E-state index is 14.3. The average Bonchev–Trinajstić information content (AvgIpc) is 3.10.